The normalized spacial score (nSPS) is 13.2. The fourth-order valence-corrected chi connectivity index (χ4v) is 3.26. The lowest BCUT2D eigenvalue weighted by Gasteiger charge is -2.29. The SMILES string of the molecule is CCCN1C(=O)COc2ccc(-c3noc(-c4ccc(Cl)cc4OC)n3)cc21. The van der Waals surface area contributed by atoms with Crippen LogP contribution in [0.25, 0.3) is 22.8 Å². The Hall–Kier alpha value is -3.06. The van der Waals surface area contributed by atoms with Gasteiger partial charge in [-0.15, -0.1) is 0 Å². The van der Waals surface area contributed by atoms with Gasteiger partial charge in [0.25, 0.3) is 11.8 Å². The Bertz CT molecular complexity index is 1030. The molecule has 0 unspecified atom stereocenters. The summed E-state index contributed by atoms with van der Waals surface area (Å²) in [5.74, 6) is 1.87. The zero-order valence-corrected chi connectivity index (χ0v) is 16.2. The molecule has 8 heteroatoms. The van der Waals surface area contributed by atoms with E-state index in [0.717, 1.165) is 12.0 Å². The number of halogens is 1. The average molecular weight is 400 g/mol. The van der Waals surface area contributed by atoms with Crippen LogP contribution >= 0.6 is 11.6 Å². The first-order chi connectivity index (χ1) is 13.6. The number of carbonyl (C=O) groups is 1. The lowest BCUT2D eigenvalue weighted by atomic mass is 10.1. The molecule has 0 aliphatic carbocycles. The Morgan fingerprint density at radius 2 is 2.11 bits per heavy atom. The van der Waals surface area contributed by atoms with Gasteiger partial charge in [-0.1, -0.05) is 23.7 Å². The lowest BCUT2D eigenvalue weighted by molar-refractivity contribution is -0.121. The van der Waals surface area contributed by atoms with Crippen LogP contribution in [-0.2, 0) is 4.79 Å². The minimum Gasteiger partial charge on any atom is -0.496 e. The standard InChI is InChI=1S/C20H18ClN3O4/c1-3-8-24-15-9-12(4-7-16(15)27-11-18(24)25)19-22-20(28-23-19)14-6-5-13(21)10-17(14)26-2/h4-7,9-10H,3,8,11H2,1-2H3. The summed E-state index contributed by atoms with van der Waals surface area (Å²) in [6.45, 7) is 2.70. The van der Waals surface area contributed by atoms with Gasteiger partial charge in [0.1, 0.15) is 11.5 Å². The van der Waals surface area contributed by atoms with E-state index in [4.69, 9.17) is 25.6 Å². The zero-order chi connectivity index (χ0) is 19.7. The molecule has 0 N–H and O–H groups in total. The maximum absolute atomic E-state index is 12.2. The molecule has 0 atom stereocenters. The van der Waals surface area contributed by atoms with Crippen LogP contribution in [0.2, 0.25) is 5.02 Å². The quantitative estimate of drug-likeness (QED) is 0.639. The van der Waals surface area contributed by atoms with E-state index in [1.807, 2.05) is 25.1 Å². The van der Waals surface area contributed by atoms with Crippen molar-refractivity contribution in [1.29, 1.82) is 0 Å². The van der Waals surface area contributed by atoms with Crippen LogP contribution in [0.3, 0.4) is 0 Å². The highest BCUT2D eigenvalue weighted by Crippen LogP contribution is 2.37. The Labute approximate surface area is 166 Å². The Morgan fingerprint density at radius 3 is 2.89 bits per heavy atom. The van der Waals surface area contributed by atoms with Crippen LogP contribution in [0.1, 0.15) is 13.3 Å². The van der Waals surface area contributed by atoms with E-state index in [1.54, 1.807) is 30.2 Å². The van der Waals surface area contributed by atoms with Crippen molar-refractivity contribution in [1.82, 2.24) is 10.1 Å². The first kappa shape index (κ1) is 18.3. The minimum atomic E-state index is -0.0637. The molecule has 0 spiro atoms. The third-order valence-electron chi connectivity index (χ3n) is 4.43. The molecule has 0 bridgehead atoms. The molecule has 0 radical (unpaired) electrons. The number of benzene rings is 2. The molecule has 4 rings (SSSR count). The van der Waals surface area contributed by atoms with Gasteiger partial charge >= 0.3 is 0 Å². The fourth-order valence-electron chi connectivity index (χ4n) is 3.10. The number of amides is 1. The third kappa shape index (κ3) is 3.29. The summed E-state index contributed by atoms with van der Waals surface area (Å²) in [5.41, 5.74) is 2.09. The van der Waals surface area contributed by atoms with Crippen LogP contribution in [-0.4, -0.2) is 36.3 Å². The predicted octanol–water partition coefficient (Wildman–Crippen LogP) is 4.20. The fraction of sp³-hybridized carbons (Fsp3) is 0.250. The summed E-state index contributed by atoms with van der Waals surface area (Å²) < 4.78 is 16.3. The van der Waals surface area contributed by atoms with E-state index >= 15 is 0 Å². The van der Waals surface area contributed by atoms with Crippen molar-refractivity contribution in [3.05, 3.63) is 41.4 Å². The number of hydrogen-bond acceptors (Lipinski definition) is 6. The average Bonchev–Trinajstić information content (AvgIpc) is 3.19. The lowest BCUT2D eigenvalue weighted by Crippen LogP contribution is -2.39. The molecule has 7 nitrogen and oxygen atoms in total. The third-order valence-corrected chi connectivity index (χ3v) is 4.66. The number of aromatic nitrogens is 2. The number of carbonyl (C=O) groups excluding carboxylic acids is 1. The van der Waals surface area contributed by atoms with Gasteiger partial charge in [-0.3, -0.25) is 4.79 Å². The van der Waals surface area contributed by atoms with Gasteiger partial charge in [0.05, 0.1) is 18.4 Å². The summed E-state index contributed by atoms with van der Waals surface area (Å²) in [6, 6.07) is 10.7. The molecule has 2 aromatic carbocycles. The molecular formula is C20H18ClN3O4. The summed E-state index contributed by atoms with van der Waals surface area (Å²) in [5, 5.41) is 4.63. The second kappa shape index (κ2) is 7.52. The number of methoxy groups -OCH3 is 1. The Balaban J connectivity index is 1.71. The zero-order valence-electron chi connectivity index (χ0n) is 15.4. The second-order valence-corrected chi connectivity index (χ2v) is 6.72. The maximum atomic E-state index is 12.2. The molecule has 0 saturated heterocycles. The van der Waals surface area contributed by atoms with Crippen LogP contribution in [0.5, 0.6) is 11.5 Å². The van der Waals surface area contributed by atoms with Crippen molar-refractivity contribution < 1.29 is 18.8 Å². The first-order valence-electron chi connectivity index (χ1n) is 8.86. The van der Waals surface area contributed by atoms with Gasteiger partial charge in [-0.05, 0) is 42.8 Å². The van der Waals surface area contributed by atoms with Crippen molar-refractivity contribution in [3.8, 4) is 34.3 Å². The number of fused-ring (bicyclic) bond motifs is 1. The molecule has 0 fully saturated rings. The summed E-state index contributed by atoms with van der Waals surface area (Å²) in [6.07, 6.45) is 0.845. The number of nitrogens with zero attached hydrogens (tertiary/aromatic N) is 3. The van der Waals surface area contributed by atoms with Crippen molar-refractivity contribution in [2.75, 3.05) is 25.2 Å². The molecule has 28 heavy (non-hydrogen) atoms. The van der Waals surface area contributed by atoms with Crippen molar-refractivity contribution >= 4 is 23.2 Å². The van der Waals surface area contributed by atoms with Gasteiger partial charge in [0.2, 0.25) is 5.82 Å². The van der Waals surface area contributed by atoms with E-state index in [-0.39, 0.29) is 12.5 Å². The predicted molar refractivity (Wildman–Crippen MR) is 105 cm³/mol. The smallest absolute Gasteiger partial charge is 0.265 e. The molecule has 0 saturated carbocycles. The maximum Gasteiger partial charge on any atom is 0.265 e. The number of rotatable bonds is 5. The number of anilines is 1. The van der Waals surface area contributed by atoms with Crippen molar-refractivity contribution in [2.24, 2.45) is 0 Å². The highest BCUT2D eigenvalue weighted by Gasteiger charge is 2.26. The largest absolute Gasteiger partial charge is 0.496 e. The molecule has 3 aromatic rings. The van der Waals surface area contributed by atoms with E-state index in [9.17, 15) is 4.79 Å². The van der Waals surface area contributed by atoms with Gasteiger partial charge in [-0.2, -0.15) is 4.98 Å². The molecule has 2 heterocycles. The van der Waals surface area contributed by atoms with Crippen LogP contribution in [0, 0.1) is 0 Å². The van der Waals surface area contributed by atoms with Gasteiger partial charge < -0.3 is 18.9 Å². The van der Waals surface area contributed by atoms with E-state index in [0.29, 0.717) is 46.0 Å². The monoisotopic (exact) mass is 399 g/mol. The summed E-state index contributed by atoms with van der Waals surface area (Å²) in [7, 11) is 1.55. The summed E-state index contributed by atoms with van der Waals surface area (Å²) in [4.78, 5) is 18.4. The van der Waals surface area contributed by atoms with E-state index in [2.05, 4.69) is 10.1 Å². The summed E-state index contributed by atoms with van der Waals surface area (Å²) >= 11 is 6.01. The second-order valence-electron chi connectivity index (χ2n) is 6.28. The van der Waals surface area contributed by atoms with Crippen molar-refractivity contribution in [3.63, 3.8) is 0 Å². The molecule has 1 amide bonds. The minimum absolute atomic E-state index is 0.0507. The highest BCUT2D eigenvalue weighted by molar-refractivity contribution is 6.30. The Kier molecular flexibility index (Phi) is 4.92. The van der Waals surface area contributed by atoms with Crippen molar-refractivity contribution in [2.45, 2.75) is 13.3 Å². The molecule has 1 aromatic heterocycles. The highest BCUT2D eigenvalue weighted by atomic mass is 35.5. The number of ether oxygens (including phenoxy) is 2. The van der Waals surface area contributed by atoms with Crippen LogP contribution in [0.15, 0.2) is 40.9 Å². The Morgan fingerprint density at radius 1 is 1.25 bits per heavy atom. The molecular weight excluding hydrogens is 382 g/mol. The molecule has 1 aliphatic heterocycles. The van der Waals surface area contributed by atoms with Crippen LogP contribution in [0.4, 0.5) is 5.69 Å². The van der Waals surface area contributed by atoms with E-state index < -0.39 is 0 Å². The topological polar surface area (TPSA) is 77.7 Å². The van der Waals surface area contributed by atoms with E-state index in [1.165, 1.54) is 0 Å². The van der Waals surface area contributed by atoms with Gasteiger partial charge in [0, 0.05) is 17.1 Å². The van der Waals surface area contributed by atoms with Gasteiger partial charge in [-0.25, -0.2) is 0 Å². The molecule has 144 valence electrons. The first-order valence-corrected chi connectivity index (χ1v) is 9.23. The molecule has 1 aliphatic rings. The van der Waals surface area contributed by atoms with Gasteiger partial charge in [0.15, 0.2) is 6.61 Å². The number of hydrogen-bond donors (Lipinski definition) is 0. The van der Waals surface area contributed by atoms with Crippen LogP contribution < -0.4 is 14.4 Å².